The maximum Gasteiger partial charge on any atom is 0.345 e. The first-order chi connectivity index (χ1) is 19.9. The minimum Gasteiger partial charge on any atom is -0.422 e. The molecular weight excluding hydrogens is 512 g/mol. The van der Waals surface area contributed by atoms with Crippen molar-refractivity contribution in [2.75, 3.05) is 18.0 Å². The highest BCUT2D eigenvalue weighted by atomic mass is 16.4. The number of fused-ring (bicyclic) bond motifs is 4. The maximum atomic E-state index is 13.3. The van der Waals surface area contributed by atoms with E-state index >= 15 is 0 Å². The molecule has 0 aliphatic rings. The molecule has 0 atom stereocenters. The molecule has 3 aromatic heterocycles. The minimum absolute atomic E-state index is 0.411. The summed E-state index contributed by atoms with van der Waals surface area (Å²) in [7, 11) is 1.85. The van der Waals surface area contributed by atoms with Gasteiger partial charge in [-0.15, -0.1) is 0 Å². The van der Waals surface area contributed by atoms with Crippen molar-refractivity contribution in [1.29, 1.82) is 0 Å². The fraction of sp³-hybridized carbons (Fsp3) is 0.257. The van der Waals surface area contributed by atoms with Crippen molar-refractivity contribution in [2.45, 2.75) is 40.0 Å². The number of nitrogens with zero attached hydrogens (tertiary/aromatic N) is 2. The average Bonchev–Trinajstić information content (AvgIpc) is 3.36. The predicted octanol–water partition coefficient (Wildman–Crippen LogP) is 7.91. The summed E-state index contributed by atoms with van der Waals surface area (Å²) in [5, 5.41) is 3.77. The lowest BCUT2D eigenvalue weighted by Crippen LogP contribution is -2.21. The van der Waals surface area contributed by atoms with Gasteiger partial charge in [-0.05, 0) is 74.0 Å². The van der Waals surface area contributed by atoms with Crippen LogP contribution in [0.5, 0.6) is 0 Å². The van der Waals surface area contributed by atoms with E-state index in [4.69, 9.17) is 8.83 Å². The van der Waals surface area contributed by atoms with E-state index in [0.717, 1.165) is 59.6 Å². The second-order valence-electron chi connectivity index (χ2n) is 10.6. The van der Waals surface area contributed by atoms with Crippen LogP contribution in [0.15, 0.2) is 91.2 Å². The molecule has 0 saturated heterocycles. The fourth-order valence-electron chi connectivity index (χ4n) is 5.88. The summed E-state index contributed by atoms with van der Waals surface area (Å²) in [6.45, 7) is 8.13. The SMILES string of the molecule is CCCCc1cccc2c1ccc1cc(-c3ccc(-c4cc5ccc(N(CC)CC)cc5oc4=O)n3C)c(=O)oc12. The van der Waals surface area contributed by atoms with Crippen LogP contribution in [-0.4, -0.2) is 17.7 Å². The van der Waals surface area contributed by atoms with Gasteiger partial charge in [0, 0.05) is 48.0 Å². The number of anilines is 1. The Balaban J connectivity index is 1.42. The largest absolute Gasteiger partial charge is 0.422 e. The quantitative estimate of drug-likeness (QED) is 0.143. The van der Waals surface area contributed by atoms with Crippen molar-refractivity contribution in [1.82, 2.24) is 4.57 Å². The van der Waals surface area contributed by atoms with Gasteiger partial charge in [-0.25, -0.2) is 9.59 Å². The Labute approximate surface area is 238 Å². The predicted molar refractivity (Wildman–Crippen MR) is 168 cm³/mol. The molecule has 3 heterocycles. The molecule has 0 fully saturated rings. The van der Waals surface area contributed by atoms with Crippen molar-refractivity contribution in [3.05, 3.63) is 99.2 Å². The number of unbranched alkanes of at least 4 members (excludes halogenated alkanes) is 1. The summed E-state index contributed by atoms with van der Waals surface area (Å²) in [4.78, 5) is 28.7. The topological polar surface area (TPSA) is 68.6 Å². The highest BCUT2D eigenvalue weighted by molar-refractivity contribution is 6.05. The summed E-state index contributed by atoms with van der Waals surface area (Å²) in [6.07, 6.45) is 3.23. The third kappa shape index (κ3) is 4.63. The second kappa shape index (κ2) is 10.8. The third-order valence-electron chi connectivity index (χ3n) is 8.17. The summed E-state index contributed by atoms with van der Waals surface area (Å²) < 4.78 is 13.6. The van der Waals surface area contributed by atoms with Gasteiger partial charge in [-0.2, -0.15) is 0 Å². The zero-order valence-electron chi connectivity index (χ0n) is 24.0. The number of aryl methyl sites for hydroxylation is 1. The molecular formula is C35H34N2O4. The van der Waals surface area contributed by atoms with Gasteiger partial charge in [0.1, 0.15) is 11.2 Å². The minimum atomic E-state index is -0.419. The maximum absolute atomic E-state index is 13.3. The molecule has 0 radical (unpaired) electrons. The van der Waals surface area contributed by atoms with E-state index in [2.05, 4.69) is 37.8 Å². The molecule has 208 valence electrons. The van der Waals surface area contributed by atoms with Crippen LogP contribution in [0.1, 0.15) is 39.2 Å². The Morgan fingerprint density at radius 3 is 2.12 bits per heavy atom. The first kappa shape index (κ1) is 26.6. The Hall–Kier alpha value is -4.58. The van der Waals surface area contributed by atoms with E-state index < -0.39 is 11.3 Å². The number of rotatable bonds is 8. The molecule has 0 saturated carbocycles. The van der Waals surface area contributed by atoms with Crippen LogP contribution >= 0.6 is 0 Å². The van der Waals surface area contributed by atoms with E-state index in [1.165, 1.54) is 5.56 Å². The van der Waals surface area contributed by atoms with Crippen molar-refractivity contribution in [3.8, 4) is 22.5 Å². The van der Waals surface area contributed by atoms with Crippen LogP contribution in [0.3, 0.4) is 0 Å². The molecule has 0 aliphatic heterocycles. The smallest absolute Gasteiger partial charge is 0.345 e. The lowest BCUT2D eigenvalue weighted by Gasteiger charge is -2.21. The lowest BCUT2D eigenvalue weighted by atomic mass is 9.98. The van der Waals surface area contributed by atoms with Crippen molar-refractivity contribution in [3.63, 3.8) is 0 Å². The Kier molecular flexibility index (Phi) is 7.00. The standard InChI is InChI=1S/C35H34N2O4/c1-5-8-10-22-11-9-12-27-26(22)16-14-24-20-29(35(39)41-33(24)27)31-18-17-30(36(31)4)28-19-23-13-15-25(37(6-2)7-3)21-32(23)40-34(28)38/h9,11-21H,5-8,10H2,1-4H3. The van der Waals surface area contributed by atoms with Gasteiger partial charge in [0.25, 0.3) is 0 Å². The van der Waals surface area contributed by atoms with E-state index in [1.807, 2.05) is 72.3 Å². The monoisotopic (exact) mass is 546 g/mol. The summed E-state index contributed by atoms with van der Waals surface area (Å²) in [5.41, 5.74) is 4.84. The number of hydrogen-bond donors (Lipinski definition) is 0. The van der Waals surface area contributed by atoms with Gasteiger partial charge >= 0.3 is 11.3 Å². The molecule has 6 heteroatoms. The number of hydrogen-bond acceptors (Lipinski definition) is 5. The van der Waals surface area contributed by atoms with Gasteiger partial charge in [0.15, 0.2) is 0 Å². The second-order valence-corrected chi connectivity index (χ2v) is 10.6. The summed E-state index contributed by atoms with van der Waals surface area (Å²) in [5.74, 6) is 0. The molecule has 0 bridgehead atoms. The molecule has 0 spiro atoms. The molecule has 41 heavy (non-hydrogen) atoms. The van der Waals surface area contributed by atoms with Crippen LogP contribution in [0.2, 0.25) is 0 Å². The first-order valence-electron chi connectivity index (χ1n) is 14.4. The van der Waals surface area contributed by atoms with Gasteiger partial charge < -0.3 is 18.3 Å². The van der Waals surface area contributed by atoms with Gasteiger partial charge in [0.2, 0.25) is 0 Å². The Morgan fingerprint density at radius 1 is 0.732 bits per heavy atom. The van der Waals surface area contributed by atoms with Crippen molar-refractivity contribution in [2.24, 2.45) is 7.05 Å². The number of benzene rings is 3. The van der Waals surface area contributed by atoms with Crippen molar-refractivity contribution >= 4 is 38.4 Å². The van der Waals surface area contributed by atoms with Crippen LogP contribution in [-0.2, 0) is 13.5 Å². The molecule has 6 aromatic rings. The summed E-state index contributed by atoms with van der Waals surface area (Å²) in [6, 6.07) is 23.7. The normalized spacial score (nSPS) is 11.6. The van der Waals surface area contributed by atoms with E-state index in [1.54, 1.807) is 0 Å². The first-order valence-corrected chi connectivity index (χ1v) is 14.4. The van der Waals surface area contributed by atoms with Crippen LogP contribution < -0.4 is 16.2 Å². The lowest BCUT2D eigenvalue weighted by molar-refractivity contribution is 0.562. The van der Waals surface area contributed by atoms with Crippen molar-refractivity contribution < 1.29 is 8.83 Å². The van der Waals surface area contributed by atoms with Gasteiger partial charge in [0.05, 0.1) is 22.5 Å². The van der Waals surface area contributed by atoms with E-state index in [-0.39, 0.29) is 0 Å². The van der Waals surface area contributed by atoms with E-state index in [9.17, 15) is 9.59 Å². The van der Waals surface area contributed by atoms with Crippen LogP contribution in [0.25, 0.3) is 55.2 Å². The average molecular weight is 547 g/mol. The zero-order valence-corrected chi connectivity index (χ0v) is 24.0. The molecule has 6 nitrogen and oxygen atoms in total. The summed E-state index contributed by atoms with van der Waals surface area (Å²) >= 11 is 0. The molecule has 0 N–H and O–H groups in total. The fourth-order valence-corrected chi connectivity index (χ4v) is 5.88. The molecule has 0 aliphatic carbocycles. The zero-order chi connectivity index (χ0) is 28.7. The molecule has 6 rings (SSSR count). The van der Waals surface area contributed by atoms with Crippen LogP contribution in [0.4, 0.5) is 5.69 Å². The molecule has 3 aromatic carbocycles. The molecule has 0 amide bonds. The van der Waals surface area contributed by atoms with Gasteiger partial charge in [-0.1, -0.05) is 43.7 Å². The molecule has 0 unspecified atom stereocenters. The highest BCUT2D eigenvalue weighted by Crippen LogP contribution is 2.32. The third-order valence-corrected chi connectivity index (χ3v) is 8.17. The number of aromatic nitrogens is 1. The van der Waals surface area contributed by atoms with Gasteiger partial charge in [-0.3, -0.25) is 0 Å². The Morgan fingerprint density at radius 2 is 1.41 bits per heavy atom. The Bertz CT molecular complexity index is 2020. The highest BCUT2D eigenvalue weighted by Gasteiger charge is 2.18. The van der Waals surface area contributed by atoms with E-state index in [0.29, 0.717) is 33.7 Å². The van der Waals surface area contributed by atoms with Crippen LogP contribution in [0, 0.1) is 0 Å².